The molecule has 0 radical (unpaired) electrons. The van der Waals surface area contributed by atoms with Gasteiger partial charge in [0.25, 0.3) is 0 Å². The molecule has 102 valence electrons. The van der Waals surface area contributed by atoms with E-state index in [-0.39, 0.29) is 5.82 Å². The zero-order chi connectivity index (χ0) is 13.5. The fraction of sp³-hybridized carbons (Fsp3) is 0.600. The van der Waals surface area contributed by atoms with Crippen molar-refractivity contribution in [1.29, 1.82) is 0 Å². The molecule has 1 aromatic rings. The largest absolute Gasteiger partial charge is 0.313 e. The third-order valence-electron chi connectivity index (χ3n) is 3.54. The number of hydrogen-bond donors (Lipinski definition) is 1. The van der Waals surface area contributed by atoms with E-state index in [0.29, 0.717) is 16.4 Å². The number of rotatable bonds is 7. The van der Waals surface area contributed by atoms with Crippen molar-refractivity contribution in [2.24, 2.45) is 5.92 Å². The van der Waals surface area contributed by atoms with Crippen LogP contribution in [0.15, 0.2) is 22.7 Å². The summed E-state index contributed by atoms with van der Waals surface area (Å²) >= 11 is 3.26. The van der Waals surface area contributed by atoms with E-state index in [1.165, 1.54) is 25.3 Å². The van der Waals surface area contributed by atoms with E-state index in [1.807, 2.05) is 19.2 Å². The summed E-state index contributed by atoms with van der Waals surface area (Å²) in [7, 11) is 1.98. The fourth-order valence-electron chi connectivity index (χ4n) is 2.45. The number of benzene rings is 1. The van der Waals surface area contributed by atoms with E-state index >= 15 is 0 Å². The minimum absolute atomic E-state index is 0.199. The Balaban J connectivity index is 2.88. The van der Waals surface area contributed by atoms with Gasteiger partial charge in [-0.25, -0.2) is 4.39 Å². The molecule has 3 heteroatoms. The highest BCUT2D eigenvalue weighted by molar-refractivity contribution is 9.10. The molecule has 0 aromatic heterocycles. The van der Waals surface area contributed by atoms with Gasteiger partial charge in [-0.1, -0.05) is 39.2 Å². The quantitative estimate of drug-likeness (QED) is 0.741. The van der Waals surface area contributed by atoms with Gasteiger partial charge in [0.15, 0.2) is 0 Å². The van der Waals surface area contributed by atoms with Crippen LogP contribution in [0.25, 0.3) is 0 Å². The summed E-state index contributed by atoms with van der Waals surface area (Å²) in [5.41, 5.74) is 1.16. The van der Waals surface area contributed by atoms with Crippen LogP contribution in [0.5, 0.6) is 0 Å². The average molecular weight is 316 g/mol. The Hall–Kier alpha value is -0.410. The standard InChI is InChI=1S/C15H23BrFN/c1-4-6-7-11(5-2)15(18-3)12-8-9-14(17)13(16)10-12/h8-11,15,18H,4-7H2,1-3H3. The smallest absolute Gasteiger partial charge is 0.137 e. The van der Waals surface area contributed by atoms with Crippen molar-refractivity contribution in [2.75, 3.05) is 7.05 Å². The maximum absolute atomic E-state index is 13.3. The summed E-state index contributed by atoms with van der Waals surface area (Å²) in [5.74, 6) is 0.405. The molecule has 0 saturated heterocycles. The molecule has 1 nitrogen and oxygen atoms in total. The number of halogens is 2. The lowest BCUT2D eigenvalue weighted by atomic mass is 9.87. The molecule has 0 heterocycles. The third kappa shape index (κ3) is 4.06. The monoisotopic (exact) mass is 315 g/mol. The Morgan fingerprint density at radius 3 is 2.56 bits per heavy atom. The fourth-order valence-corrected chi connectivity index (χ4v) is 2.85. The zero-order valence-corrected chi connectivity index (χ0v) is 13.1. The third-order valence-corrected chi connectivity index (χ3v) is 4.15. The van der Waals surface area contributed by atoms with Crippen molar-refractivity contribution in [2.45, 2.75) is 45.6 Å². The predicted molar refractivity (Wildman–Crippen MR) is 79.2 cm³/mol. The molecule has 2 atom stereocenters. The molecule has 0 aliphatic rings. The molecule has 2 unspecified atom stereocenters. The molecule has 0 saturated carbocycles. The second-order valence-electron chi connectivity index (χ2n) is 4.75. The first kappa shape index (κ1) is 15.6. The van der Waals surface area contributed by atoms with E-state index in [1.54, 1.807) is 0 Å². The van der Waals surface area contributed by atoms with Gasteiger partial charge < -0.3 is 5.32 Å². The van der Waals surface area contributed by atoms with E-state index in [0.717, 1.165) is 12.0 Å². The summed E-state index contributed by atoms with van der Waals surface area (Å²) in [6.45, 7) is 4.44. The minimum atomic E-state index is -0.199. The van der Waals surface area contributed by atoms with Crippen LogP contribution in [0.2, 0.25) is 0 Å². The first-order valence-electron chi connectivity index (χ1n) is 6.76. The summed E-state index contributed by atoms with van der Waals surface area (Å²) in [6.07, 6.45) is 4.83. The van der Waals surface area contributed by atoms with Crippen LogP contribution in [-0.4, -0.2) is 7.05 Å². The Bertz CT molecular complexity index is 368. The molecule has 0 spiro atoms. The molecule has 0 bridgehead atoms. The SMILES string of the molecule is CCCCC(CC)C(NC)c1ccc(F)c(Br)c1. The van der Waals surface area contributed by atoms with Crippen molar-refractivity contribution >= 4 is 15.9 Å². The van der Waals surface area contributed by atoms with Crippen molar-refractivity contribution in [1.82, 2.24) is 5.32 Å². The molecule has 1 rings (SSSR count). The van der Waals surface area contributed by atoms with Gasteiger partial charge in [0, 0.05) is 6.04 Å². The Morgan fingerprint density at radius 2 is 2.06 bits per heavy atom. The first-order chi connectivity index (χ1) is 8.63. The molecule has 0 aliphatic carbocycles. The second-order valence-corrected chi connectivity index (χ2v) is 5.60. The van der Waals surface area contributed by atoms with Gasteiger partial charge in [-0.05, 0) is 53.0 Å². The molecular weight excluding hydrogens is 293 g/mol. The molecule has 0 amide bonds. The van der Waals surface area contributed by atoms with Gasteiger partial charge in [0.05, 0.1) is 4.47 Å². The van der Waals surface area contributed by atoms with Gasteiger partial charge in [-0.3, -0.25) is 0 Å². The Morgan fingerprint density at radius 1 is 1.33 bits per heavy atom. The maximum Gasteiger partial charge on any atom is 0.137 e. The summed E-state index contributed by atoms with van der Waals surface area (Å²) in [5, 5.41) is 3.38. The lowest BCUT2D eigenvalue weighted by molar-refractivity contribution is 0.338. The van der Waals surface area contributed by atoms with E-state index in [4.69, 9.17) is 0 Å². The normalized spacial score (nSPS) is 14.5. The predicted octanol–water partition coefficient (Wildman–Crippen LogP) is 5.07. The molecule has 1 aromatic carbocycles. The van der Waals surface area contributed by atoms with Crippen molar-refractivity contribution in [3.05, 3.63) is 34.1 Å². The van der Waals surface area contributed by atoms with Gasteiger partial charge >= 0.3 is 0 Å². The zero-order valence-electron chi connectivity index (χ0n) is 11.5. The Labute approximate surface area is 118 Å². The lowest BCUT2D eigenvalue weighted by Crippen LogP contribution is -2.25. The molecule has 0 aliphatic heterocycles. The minimum Gasteiger partial charge on any atom is -0.313 e. The van der Waals surface area contributed by atoms with Crippen LogP contribution in [0.3, 0.4) is 0 Å². The molecule has 0 fully saturated rings. The number of nitrogens with one attached hydrogen (secondary N) is 1. The van der Waals surface area contributed by atoms with Crippen molar-refractivity contribution in [3.8, 4) is 0 Å². The van der Waals surface area contributed by atoms with Crippen LogP contribution in [0.1, 0.15) is 51.1 Å². The van der Waals surface area contributed by atoms with Gasteiger partial charge in [-0.2, -0.15) is 0 Å². The average Bonchev–Trinajstić information content (AvgIpc) is 2.38. The van der Waals surface area contributed by atoms with Gasteiger partial charge in [0.2, 0.25) is 0 Å². The van der Waals surface area contributed by atoms with Crippen molar-refractivity contribution in [3.63, 3.8) is 0 Å². The highest BCUT2D eigenvalue weighted by atomic mass is 79.9. The van der Waals surface area contributed by atoms with Gasteiger partial charge in [-0.15, -0.1) is 0 Å². The summed E-state index contributed by atoms with van der Waals surface area (Å²) in [4.78, 5) is 0. The maximum atomic E-state index is 13.3. The summed E-state index contributed by atoms with van der Waals surface area (Å²) < 4.78 is 13.8. The first-order valence-corrected chi connectivity index (χ1v) is 7.55. The van der Waals surface area contributed by atoms with E-state index in [9.17, 15) is 4.39 Å². The number of hydrogen-bond acceptors (Lipinski definition) is 1. The molecular formula is C15H23BrFN. The highest BCUT2D eigenvalue weighted by Crippen LogP contribution is 2.30. The van der Waals surface area contributed by atoms with Gasteiger partial charge in [0.1, 0.15) is 5.82 Å². The van der Waals surface area contributed by atoms with Crippen LogP contribution in [0.4, 0.5) is 4.39 Å². The molecule has 18 heavy (non-hydrogen) atoms. The van der Waals surface area contributed by atoms with E-state index in [2.05, 4.69) is 35.1 Å². The second kappa shape index (κ2) is 7.90. The van der Waals surface area contributed by atoms with E-state index < -0.39 is 0 Å². The van der Waals surface area contributed by atoms with Crippen LogP contribution in [-0.2, 0) is 0 Å². The highest BCUT2D eigenvalue weighted by Gasteiger charge is 2.20. The van der Waals surface area contributed by atoms with Crippen molar-refractivity contribution < 1.29 is 4.39 Å². The Kier molecular flexibility index (Phi) is 6.87. The topological polar surface area (TPSA) is 12.0 Å². The van der Waals surface area contributed by atoms with Crippen LogP contribution in [0, 0.1) is 11.7 Å². The van der Waals surface area contributed by atoms with Crippen LogP contribution < -0.4 is 5.32 Å². The lowest BCUT2D eigenvalue weighted by Gasteiger charge is -2.26. The molecule has 1 N–H and O–H groups in total. The summed E-state index contributed by atoms with van der Waals surface area (Å²) in [6, 6.07) is 5.62. The van der Waals surface area contributed by atoms with Crippen LogP contribution >= 0.6 is 15.9 Å². The number of unbranched alkanes of at least 4 members (excludes halogenated alkanes) is 1.